The Bertz CT molecular complexity index is 330. The van der Waals surface area contributed by atoms with Crippen LogP contribution in [-0.2, 0) is 4.79 Å². The molecule has 0 amide bonds. The first-order chi connectivity index (χ1) is 6.90. The summed E-state index contributed by atoms with van der Waals surface area (Å²) in [7, 11) is 3.78. The van der Waals surface area contributed by atoms with Gasteiger partial charge in [-0.25, -0.2) is 0 Å². The minimum Gasteiger partial charge on any atom is -0.383 e. The van der Waals surface area contributed by atoms with Crippen molar-refractivity contribution in [2.24, 2.45) is 5.92 Å². The smallest absolute Gasteiger partial charge is 0.176 e. The van der Waals surface area contributed by atoms with E-state index in [0.29, 0.717) is 5.57 Å². The van der Waals surface area contributed by atoms with Crippen LogP contribution in [0, 0.1) is 17.2 Å². The van der Waals surface area contributed by atoms with Gasteiger partial charge < -0.3 is 4.90 Å². The predicted molar refractivity (Wildman–Crippen MR) is 61.0 cm³/mol. The van der Waals surface area contributed by atoms with Gasteiger partial charge in [-0.1, -0.05) is 13.8 Å². The zero-order chi connectivity index (χ0) is 12.0. The largest absolute Gasteiger partial charge is 0.383 e. The third-order valence-electron chi connectivity index (χ3n) is 1.90. The quantitative estimate of drug-likeness (QED) is 0.402. The Kier molecular flexibility index (Phi) is 5.40. The maximum absolute atomic E-state index is 11.6. The van der Waals surface area contributed by atoms with Crippen molar-refractivity contribution in [2.45, 2.75) is 20.8 Å². The van der Waals surface area contributed by atoms with Gasteiger partial charge in [0.2, 0.25) is 0 Å². The molecule has 0 bridgehead atoms. The lowest BCUT2D eigenvalue weighted by Crippen LogP contribution is -2.10. The van der Waals surface area contributed by atoms with Crippen molar-refractivity contribution in [2.75, 3.05) is 14.1 Å². The van der Waals surface area contributed by atoms with Gasteiger partial charge in [0.25, 0.3) is 0 Å². The van der Waals surface area contributed by atoms with Crippen molar-refractivity contribution < 1.29 is 4.79 Å². The van der Waals surface area contributed by atoms with Gasteiger partial charge in [-0.05, 0) is 24.8 Å². The molecule has 0 spiro atoms. The summed E-state index contributed by atoms with van der Waals surface area (Å²) in [6.45, 7) is 5.37. The second kappa shape index (κ2) is 6.02. The van der Waals surface area contributed by atoms with Crippen molar-refractivity contribution in [1.29, 1.82) is 5.26 Å². The molecule has 0 heterocycles. The highest BCUT2D eigenvalue weighted by Gasteiger charge is 2.14. The van der Waals surface area contributed by atoms with Crippen molar-refractivity contribution in [3.8, 4) is 6.07 Å². The van der Waals surface area contributed by atoms with E-state index in [1.165, 1.54) is 0 Å². The Morgan fingerprint density at radius 2 is 1.93 bits per heavy atom. The first-order valence-corrected chi connectivity index (χ1v) is 4.90. The third kappa shape index (κ3) is 4.46. The van der Waals surface area contributed by atoms with Crippen LogP contribution in [0.4, 0.5) is 0 Å². The minimum absolute atomic E-state index is 0.0987. The normalized spacial score (nSPS) is 12.6. The van der Waals surface area contributed by atoms with E-state index in [1.807, 2.05) is 31.3 Å². The molecule has 0 fully saturated rings. The molecule has 0 aliphatic heterocycles. The first-order valence-electron chi connectivity index (χ1n) is 4.90. The summed E-state index contributed by atoms with van der Waals surface area (Å²) in [5, 5.41) is 8.90. The monoisotopic (exact) mass is 206 g/mol. The molecule has 0 aliphatic carbocycles. The Hall–Kier alpha value is -1.56. The van der Waals surface area contributed by atoms with Crippen LogP contribution in [0.1, 0.15) is 20.8 Å². The molecule has 0 unspecified atom stereocenters. The van der Waals surface area contributed by atoms with E-state index >= 15 is 0 Å². The van der Waals surface area contributed by atoms with E-state index in [0.717, 1.165) is 0 Å². The fraction of sp³-hybridized carbons (Fsp3) is 0.500. The topological polar surface area (TPSA) is 44.1 Å². The zero-order valence-corrected chi connectivity index (χ0v) is 10.0. The van der Waals surface area contributed by atoms with Crippen LogP contribution in [0.2, 0.25) is 0 Å². The SMILES string of the molecule is CC(/C=C/N(C)C)=C(/C#N)C(=O)C(C)C. The van der Waals surface area contributed by atoms with E-state index in [2.05, 4.69) is 0 Å². The summed E-state index contributed by atoms with van der Waals surface area (Å²) in [5.41, 5.74) is 0.966. The number of Topliss-reactive ketones (excluding diaryl/α,β-unsaturated/α-hetero) is 1. The Morgan fingerprint density at radius 3 is 2.27 bits per heavy atom. The molecule has 0 saturated heterocycles. The predicted octanol–water partition coefficient (Wildman–Crippen LogP) is 2.13. The summed E-state index contributed by atoms with van der Waals surface area (Å²) >= 11 is 0. The fourth-order valence-electron chi connectivity index (χ4n) is 0.970. The van der Waals surface area contributed by atoms with Gasteiger partial charge in [0.1, 0.15) is 6.07 Å². The van der Waals surface area contributed by atoms with Crippen LogP contribution in [0.3, 0.4) is 0 Å². The number of carbonyl (C=O) groups is 1. The van der Waals surface area contributed by atoms with Crippen LogP contribution >= 0.6 is 0 Å². The molecular weight excluding hydrogens is 188 g/mol. The average molecular weight is 206 g/mol. The van der Waals surface area contributed by atoms with Crippen LogP contribution in [0.15, 0.2) is 23.4 Å². The van der Waals surface area contributed by atoms with Gasteiger partial charge in [-0.2, -0.15) is 5.26 Å². The number of carbonyl (C=O) groups excluding carboxylic acids is 1. The molecule has 0 saturated carbocycles. The van der Waals surface area contributed by atoms with Crippen molar-refractivity contribution in [3.05, 3.63) is 23.4 Å². The van der Waals surface area contributed by atoms with Gasteiger partial charge in [0, 0.05) is 20.0 Å². The zero-order valence-electron chi connectivity index (χ0n) is 10.0. The molecule has 0 atom stereocenters. The van der Waals surface area contributed by atoms with E-state index in [1.54, 1.807) is 26.8 Å². The molecule has 0 aliphatic rings. The third-order valence-corrected chi connectivity index (χ3v) is 1.90. The maximum Gasteiger partial charge on any atom is 0.176 e. The van der Waals surface area contributed by atoms with Gasteiger partial charge >= 0.3 is 0 Å². The molecule has 0 radical (unpaired) electrons. The van der Waals surface area contributed by atoms with Crippen molar-refractivity contribution >= 4 is 5.78 Å². The van der Waals surface area contributed by atoms with Gasteiger partial charge in [-0.15, -0.1) is 0 Å². The second-order valence-electron chi connectivity index (χ2n) is 3.97. The molecule has 15 heavy (non-hydrogen) atoms. The van der Waals surface area contributed by atoms with Crippen LogP contribution in [0.5, 0.6) is 0 Å². The number of rotatable bonds is 4. The Labute approximate surface area is 91.7 Å². The van der Waals surface area contributed by atoms with Crippen LogP contribution in [-0.4, -0.2) is 24.8 Å². The molecule has 0 aromatic carbocycles. The van der Waals surface area contributed by atoms with Gasteiger partial charge in [0.15, 0.2) is 5.78 Å². The summed E-state index contributed by atoms with van der Waals surface area (Å²) in [6, 6.07) is 1.97. The van der Waals surface area contributed by atoms with Crippen LogP contribution in [0.25, 0.3) is 0 Å². The maximum atomic E-state index is 11.6. The Morgan fingerprint density at radius 1 is 1.40 bits per heavy atom. The minimum atomic E-state index is -0.137. The van der Waals surface area contributed by atoms with Gasteiger partial charge in [-0.3, -0.25) is 4.79 Å². The number of hydrogen-bond donors (Lipinski definition) is 0. The van der Waals surface area contributed by atoms with E-state index in [4.69, 9.17) is 5.26 Å². The highest BCUT2D eigenvalue weighted by molar-refractivity contribution is 6.01. The molecular formula is C12H18N2O. The Balaban J connectivity index is 5.02. The van der Waals surface area contributed by atoms with E-state index < -0.39 is 0 Å². The summed E-state index contributed by atoms with van der Waals surface area (Å²) < 4.78 is 0. The van der Waals surface area contributed by atoms with E-state index in [9.17, 15) is 4.79 Å². The molecule has 0 N–H and O–H groups in total. The highest BCUT2D eigenvalue weighted by Crippen LogP contribution is 2.11. The fourth-order valence-corrected chi connectivity index (χ4v) is 0.970. The van der Waals surface area contributed by atoms with Crippen LogP contribution < -0.4 is 0 Å². The number of allylic oxidation sites excluding steroid dienone is 3. The number of hydrogen-bond acceptors (Lipinski definition) is 3. The molecule has 3 nitrogen and oxygen atoms in total. The van der Waals surface area contributed by atoms with E-state index in [-0.39, 0.29) is 17.3 Å². The second-order valence-corrected chi connectivity index (χ2v) is 3.97. The molecule has 0 rings (SSSR count). The molecule has 82 valence electrons. The van der Waals surface area contributed by atoms with Crippen molar-refractivity contribution in [1.82, 2.24) is 4.90 Å². The summed E-state index contributed by atoms with van der Waals surface area (Å²) in [5.74, 6) is -0.235. The molecule has 3 heteroatoms. The summed E-state index contributed by atoms with van der Waals surface area (Å²) in [6.07, 6.45) is 3.60. The number of nitriles is 1. The lowest BCUT2D eigenvalue weighted by Gasteiger charge is -2.06. The number of ketones is 1. The molecule has 0 aromatic rings. The first kappa shape index (κ1) is 13.4. The van der Waals surface area contributed by atoms with Gasteiger partial charge in [0.05, 0.1) is 5.57 Å². The lowest BCUT2D eigenvalue weighted by atomic mass is 9.98. The lowest BCUT2D eigenvalue weighted by molar-refractivity contribution is -0.117. The summed E-state index contributed by atoms with van der Waals surface area (Å²) in [4.78, 5) is 13.5. The standard InChI is InChI=1S/C12H18N2O/c1-9(2)12(15)11(8-13)10(3)6-7-14(4)5/h6-7,9H,1-5H3/b7-6+,11-10+. The molecule has 0 aromatic heterocycles. The van der Waals surface area contributed by atoms with Crippen molar-refractivity contribution in [3.63, 3.8) is 0 Å². The average Bonchev–Trinajstić information content (AvgIpc) is 2.15. The highest BCUT2D eigenvalue weighted by atomic mass is 16.1. The number of nitrogens with zero attached hydrogens (tertiary/aromatic N) is 2.